The van der Waals surface area contributed by atoms with E-state index in [1.54, 1.807) is 12.1 Å². The second kappa shape index (κ2) is 7.57. The summed E-state index contributed by atoms with van der Waals surface area (Å²) in [5, 5.41) is 15.1. The fraction of sp³-hybridized carbons (Fsp3) is 0.444. The number of esters is 1. The van der Waals surface area contributed by atoms with Crippen molar-refractivity contribution in [1.82, 2.24) is 10.6 Å². The summed E-state index contributed by atoms with van der Waals surface area (Å²) in [7, 11) is 0. The first-order chi connectivity index (χ1) is 12.1. The minimum absolute atomic E-state index is 0.0652. The van der Waals surface area contributed by atoms with Crippen LogP contribution in [0.15, 0.2) is 35.5 Å². The van der Waals surface area contributed by atoms with Crippen molar-refractivity contribution in [2.45, 2.75) is 38.3 Å². The number of carbonyl (C=O) groups is 2. The van der Waals surface area contributed by atoms with Crippen molar-refractivity contribution in [3.8, 4) is 5.75 Å². The molecule has 134 valence electrons. The number of nitrogens with one attached hydrogen (secondary N) is 2. The summed E-state index contributed by atoms with van der Waals surface area (Å²) < 4.78 is 10.9. The van der Waals surface area contributed by atoms with Crippen LogP contribution in [-0.2, 0) is 14.3 Å². The van der Waals surface area contributed by atoms with Crippen LogP contribution in [0.3, 0.4) is 0 Å². The van der Waals surface area contributed by atoms with Gasteiger partial charge in [0.15, 0.2) is 0 Å². The molecule has 1 fully saturated rings. The van der Waals surface area contributed by atoms with Gasteiger partial charge in [-0.25, -0.2) is 9.59 Å². The maximum Gasteiger partial charge on any atom is 0.338 e. The average molecular weight is 346 g/mol. The fourth-order valence-corrected chi connectivity index (χ4v) is 3.11. The lowest BCUT2D eigenvalue weighted by molar-refractivity contribution is -0.142. The Morgan fingerprint density at radius 1 is 1.44 bits per heavy atom. The molecule has 1 saturated heterocycles. The molecule has 3 N–H and O–H groups in total. The molecule has 7 nitrogen and oxygen atoms in total. The standard InChI is InChI=1S/C18H22N2O5/c1-2-14-15(17(22)25-10-13-7-4-8-24-13)16(20-18(23)19-14)11-5-3-6-12(21)9-11/h3,5-6,9,13,16,21H,2,4,7-8,10H2,1H3,(H2,19,20,23)/t13-,16?/m1/s1. The van der Waals surface area contributed by atoms with E-state index in [-0.39, 0.29) is 24.5 Å². The largest absolute Gasteiger partial charge is 0.508 e. The summed E-state index contributed by atoms with van der Waals surface area (Å²) in [6, 6.07) is 5.41. The predicted octanol–water partition coefficient (Wildman–Crippen LogP) is 2.13. The van der Waals surface area contributed by atoms with Crippen LogP contribution in [-0.4, -0.2) is 36.4 Å². The lowest BCUT2D eigenvalue weighted by Crippen LogP contribution is -2.46. The second-order valence-corrected chi connectivity index (χ2v) is 6.11. The number of hydrogen-bond donors (Lipinski definition) is 3. The molecule has 25 heavy (non-hydrogen) atoms. The summed E-state index contributed by atoms with van der Waals surface area (Å²) >= 11 is 0. The van der Waals surface area contributed by atoms with E-state index in [4.69, 9.17) is 9.47 Å². The van der Waals surface area contributed by atoms with Gasteiger partial charge in [-0.05, 0) is 37.0 Å². The van der Waals surface area contributed by atoms with Gasteiger partial charge in [0.25, 0.3) is 0 Å². The molecule has 2 aliphatic rings. The number of ether oxygens (including phenoxy) is 2. The van der Waals surface area contributed by atoms with E-state index >= 15 is 0 Å². The minimum atomic E-state index is -0.673. The van der Waals surface area contributed by atoms with Crippen molar-refractivity contribution in [3.05, 3.63) is 41.1 Å². The van der Waals surface area contributed by atoms with Crippen molar-refractivity contribution in [3.63, 3.8) is 0 Å². The average Bonchev–Trinajstić information content (AvgIpc) is 3.12. The van der Waals surface area contributed by atoms with Gasteiger partial charge in [0, 0.05) is 12.3 Å². The van der Waals surface area contributed by atoms with Gasteiger partial charge in [-0.2, -0.15) is 0 Å². The lowest BCUT2D eigenvalue weighted by Gasteiger charge is -2.29. The van der Waals surface area contributed by atoms with Crippen molar-refractivity contribution < 1.29 is 24.2 Å². The summed E-state index contributed by atoms with van der Waals surface area (Å²) in [6.07, 6.45) is 2.25. The molecule has 2 aliphatic heterocycles. The van der Waals surface area contributed by atoms with Gasteiger partial charge in [-0.15, -0.1) is 0 Å². The summed E-state index contributed by atoms with van der Waals surface area (Å²) in [6.45, 7) is 2.74. The highest BCUT2D eigenvalue weighted by atomic mass is 16.6. The minimum Gasteiger partial charge on any atom is -0.508 e. The molecular formula is C18H22N2O5. The maximum atomic E-state index is 12.7. The van der Waals surface area contributed by atoms with E-state index in [1.807, 2.05) is 6.92 Å². The van der Waals surface area contributed by atoms with Gasteiger partial charge in [-0.1, -0.05) is 19.1 Å². The first kappa shape index (κ1) is 17.3. The molecule has 0 aromatic heterocycles. The Morgan fingerprint density at radius 3 is 2.96 bits per heavy atom. The van der Waals surface area contributed by atoms with E-state index in [9.17, 15) is 14.7 Å². The Labute approximate surface area is 146 Å². The number of amides is 2. The third kappa shape index (κ3) is 3.93. The van der Waals surface area contributed by atoms with Gasteiger partial charge in [-0.3, -0.25) is 0 Å². The van der Waals surface area contributed by atoms with Gasteiger partial charge < -0.3 is 25.2 Å². The Bertz CT molecular complexity index is 694. The molecule has 0 spiro atoms. The highest BCUT2D eigenvalue weighted by Crippen LogP contribution is 2.30. The van der Waals surface area contributed by atoms with Crippen molar-refractivity contribution in [2.24, 2.45) is 0 Å². The van der Waals surface area contributed by atoms with Gasteiger partial charge in [0.05, 0.1) is 17.7 Å². The molecule has 2 atom stereocenters. The van der Waals surface area contributed by atoms with Crippen molar-refractivity contribution in [2.75, 3.05) is 13.2 Å². The van der Waals surface area contributed by atoms with Crippen LogP contribution >= 0.6 is 0 Å². The predicted molar refractivity (Wildman–Crippen MR) is 89.8 cm³/mol. The van der Waals surface area contributed by atoms with Crippen molar-refractivity contribution in [1.29, 1.82) is 0 Å². The molecule has 0 saturated carbocycles. The topological polar surface area (TPSA) is 96.9 Å². The molecule has 3 rings (SSSR count). The van der Waals surface area contributed by atoms with Gasteiger partial charge >= 0.3 is 12.0 Å². The first-order valence-corrected chi connectivity index (χ1v) is 8.46. The lowest BCUT2D eigenvalue weighted by atomic mass is 9.94. The van der Waals surface area contributed by atoms with E-state index in [1.165, 1.54) is 12.1 Å². The zero-order chi connectivity index (χ0) is 17.8. The summed E-state index contributed by atoms with van der Waals surface area (Å²) in [4.78, 5) is 24.7. The third-order valence-corrected chi connectivity index (χ3v) is 4.35. The normalized spacial score (nSPS) is 23.2. The molecule has 1 aromatic rings. The van der Waals surface area contributed by atoms with E-state index < -0.39 is 12.0 Å². The highest BCUT2D eigenvalue weighted by molar-refractivity contribution is 5.95. The SMILES string of the molecule is CCC1=C(C(=O)OC[C@H]2CCCO2)C(c2cccc(O)c2)NC(=O)N1. The zero-order valence-electron chi connectivity index (χ0n) is 14.1. The number of phenolic OH excluding ortho intramolecular Hbond substituents is 1. The number of phenols is 1. The van der Waals surface area contributed by atoms with E-state index in [0.717, 1.165) is 12.8 Å². The molecule has 7 heteroatoms. The van der Waals surface area contributed by atoms with E-state index in [0.29, 0.717) is 29.9 Å². The van der Waals surface area contributed by atoms with Crippen LogP contribution in [0.1, 0.15) is 37.8 Å². The Balaban J connectivity index is 1.86. The maximum absolute atomic E-state index is 12.7. The first-order valence-electron chi connectivity index (χ1n) is 8.46. The number of hydrogen-bond acceptors (Lipinski definition) is 5. The summed E-state index contributed by atoms with van der Waals surface area (Å²) in [5.41, 5.74) is 1.49. The van der Waals surface area contributed by atoms with Crippen molar-refractivity contribution >= 4 is 12.0 Å². The molecule has 1 unspecified atom stereocenters. The molecule has 2 heterocycles. The quantitative estimate of drug-likeness (QED) is 0.710. The van der Waals surface area contributed by atoms with Crippen LogP contribution in [0.2, 0.25) is 0 Å². The zero-order valence-corrected chi connectivity index (χ0v) is 14.1. The highest BCUT2D eigenvalue weighted by Gasteiger charge is 2.33. The molecule has 0 radical (unpaired) electrons. The van der Waals surface area contributed by atoms with Crippen LogP contribution in [0.5, 0.6) is 5.75 Å². The van der Waals surface area contributed by atoms with Gasteiger partial charge in [0.2, 0.25) is 0 Å². The van der Waals surface area contributed by atoms with Crippen LogP contribution in [0.4, 0.5) is 4.79 Å². The smallest absolute Gasteiger partial charge is 0.338 e. The molecule has 0 aliphatic carbocycles. The number of carbonyl (C=O) groups excluding carboxylic acids is 2. The van der Waals surface area contributed by atoms with Gasteiger partial charge in [0.1, 0.15) is 12.4 Å². The summed E-state index contributed by atoms with van der Waals surface area (Å²) in [5.74, 6) is -0.427. The third-order valence-electron chi connectivity index (χ3n) is 4.35. The number of allylic oxidation sites excluding steroid dienone is 1. The number of benzene rings is 1. The Morgan fingerprint density at radius 2 is 2.28 bits per heavy atom. The number of rotatable bonds is 5. The molecule has 2 amide bonds. The molecular weight excluding hydrogens is 324 g/mol. The van der Waals surface area contributed by atoms with Crippen LogP contribution in [0.25, 0.3) is 0 Å². The van der Waals surface area contributed by atoms with Crippen LogP contribution < -0.4 is 10.6 Å². The molecule has 0 bridgehead atoms. The molecule has 1 aromatic carbocycles. The van der Waals surface area contributed by atoms with E-state index in [2.05, 4.69) is 10.6 Å². The van der Waals surface area contributed by atoms with Crippen LogP contribution in [0, 0.1) is 0 Å². The monoisotopic (exact) mass is 346 g/mol. The fourth-order valence-electron chi connectivity index (χ4n) is 3.11. The Hall–Kier alpha value is -2.54. The number of aromatic hydroxyl groups is 1. The Kier molecular flexibility index (Phi) is 5.23. The number of urea groups is 1. The second-order valence-electron chi connectivity index (χ2n) is 6.11.